The van der Waals surface area contributed by atoms with Gasteiger partial charge in [0.1, 0.15) is 0 Å². The summed E-state index contributed by atoms with van der Waals surface area (Å²) in [5.74, 6) is -0.107. The summed E-state index contributed by atoms with van der Waals surface area (Å²) in [6.07, 6.45) is 3.64. The summed E-state index contributed by atoms with van der Waals surface area (Å²) in [5, 5.41) is 5.69. The topological polar surface area (TPSA) is 78.5 Å². The zero-order chi connectivity index (χ0) is 13.4. The Hall–Kier alpha value is -1.59. The molecule has 2 aliphatic heterocycles. The van der Waals surface area contributed by atoms with Gasteiger partial charge in [-0.1, -0.05) is 0 Å². The third kappa shape index (κ3) is 2.72. The average molecular weight is 265 g/mol. The van der Waals surface area contributed by atoms with Crippen molar-refractivity contribution in [3.63, 3.8) is 0 Å². The van der Waals surface area contributed by atoms with Gasteiger partial charge in [0.15, 0.2) is 0 Å². The predicted molar refractivity (Wildman–Crippen MR) is 67.0 cm³/mol. The quantitative estimate of drug-likeness (QED) is 0.714. The SMILES string of the molecule is O=C1CCC(NC(=O)C2CC(=O)N(C3CC3)C2)CN1. The molecule has 6 nitrogen and oxygen atoms in total. The molecule has 0 radical (unpaired) electrons. The van der Waals surface area contributed by atoms with Gasteiger partial charge in [-0.15, -0.1) is 0 Å². The molecular weight excluding hydrogens is 246 g/mol. The van der Waals surface area contributed by atoms with E-state index in [4.69, 9.17) is 0 Å². The molecule has 2 saturated heterocycles. The number of rotatable bonds is 3. The number of amides is 3. The van der Waals surface area contributed by atoms with Crippen molar-refractivity contribution < 1.29 is 14.4 Å². The second-order valence-corrected chi connectivity index (χ2v) is 5.73. The van der Waals surface area contributed by atoms with Crippen molar-refractivity contribution in [2.75, 3.05) is 13.1 Å². The highest BCUT2D eigenvalue weighted by atomic mass is 16.2. The fourth-order valence-corrected chi connectivity index (χ4v) is 2.82. The lowest BCUT2D eigenvalue weighted by Gasteiger charge is -2.24. The molecule has 2 heterocycles. The molecule has 2 N–H and O–H groups in total. The first-order valence-electron chi connectivity index (χ1n) is 7.00. The van der Waals surface area contributed by atoms with Crippen LogP contribution in [0.4, 0.5) is 0 Å². The normalized spacial score (nSPS) is 31.3. The fourth-order valence-electron chi connectivity index (χ4n) is 2.82. The molecule has 3 rings (SSSR count). The number of nitrogens with zero attached hydrogens (tertiary/aromatic N) is 1. The fraction of sp³-hybridized carbons (Fsp3) is 0.769. The van der Waals surface area contributed by atoms with E-state index in [9.17, 15) is 14.4 Å². The van der Waals surface area contributed by atoms with Crippen LogP contribution in [0.2, 0.25) is 0 Å². The van der Waals surface area contributed by atoms with Gasteiger partial charge in [-0.2, -0.15) is 0 Å². The number of carbonyl (C=O) groups is 3. The summed E-state index contributed by atoms with van der Waals surface area (Å²) in [6.45, 7) is 1.06. The Kier molecular flexibility index (Phi) is 3.16. The van der Waals surface area contributed by atoms with Crippen molar-refractivity contribution in [2.24, 2.45) is 5.92 Å². The Balaban J connectivity index is 1.50. The monoisotopic (exact) mass is 265 g/mol. The summed E-state index contributed by atoms with van der Waals surface area (Å²) in [4.78, 5) is 36.8. The third-order valence-corrected chi connectivity index (χ3v) is 4.13. The van der Waals surface area contributed by atoms with Crippen LogP contribution in [0.15, 0.2) is 0 Å². The van der Waals surface area contributed by atoms with Gasteiger partial charge < -0.3 is 15.5 Å². The molecule has 0 aromatic carbocycles. The zero-order valence-corrected chi connectivity index (χ0v) is 10.9. The largest absolute Gasteiger partial charge is 0.354 e. The van der Waals surface area contributed by atoms with Crippen LogP contribution < -0.4 is 10.6 Å². The van der Waals surface area contributed by atoms with Crippen LogP contribution in [0, 0.1) is 5.92 Å². The third-order valence-electron chi connectivity index (χ3n) is 4.13. The highest BCUT2D eigenvalue weighted by Gasteiger charge is 2.42. The first-order chi connectivity index (χ1) is 9.13. The molecule has 19 heavy (non-hydrogen) atoms. The van der Waals surface area contributed by atoms with E-state index in [1.807, 2.05) is 4.90 Å². The molecule has 6 heteroatoms. The van der Waals surface area contributed by atoms with Crippen LogP contribution in [0.1, 0.15) is 32.1 Å². The molecule has 1 aliphatic carbocycles. The van der Waals surface area contributed by atoms with E-state index in [1.54, 1.807) is 0 Å². The smallest absolute Gasteiger partial charge is 0.225 e. The first-order valence-corrected chi connectivity index (χ1v) is 7.00. The number of hydrogen-bond acceptors (Lipinski definition) is 3. The zero-order valence-electron chi connectivity index (χ0n) is 10.9. The van der Waals surface area contributed by atoms with Crippen molar-refractivity contribution >= 4 is 17.7 Å². The van der Waals surface area contributed by atoms with E-state index < -0.39 is 0 Å². The molecule has 3 aliphatic rings. The molecule has 3 amide bonds. The van der Waals surface area contributed by atoms with Gasteiger partial charge in [-0.3, -0.25) is 14.4 Å². The van der Waals surface area contributed by atoms with E-state index >= 15 is 0 Å². The lowest BCUT2D eigenvalue weighted by molar-refractivity contribution is -0.129. The van der Waals surface area contributed by atoms with Gasteiger partial charge in [0.2, 0.25) is 17.7 Å². The number of hydrogen-bond donors (Lipinski definition) is 2. The van der Waals surface area contributed by atoms with E-state index in [-0.39, 0.29) is 29.7 Å². The minimum atomic E-state index is -0.217. The molecule has 0 aromatic rings. The lowest BCUT2D eigenvalue weighted by atomic mass is 10.0. The van der Waals surface area contributed by atoms with Crippen LogP contribution in [0.5, 0.6) is 0 Å². The standard InChI is InChI=1S/C13H19N3O3/c17-11-4-1-9(6-14-11)15-13(19)8-5-12(18)16(7-8)10-2-3-10/h8-10H,1-7H2,(H,14,17)(H,15,19). The predicted octanol–water partition coefficient (Wildman–Crippen LogP) is -0.608. The Morgan fingerprint density at radius 3 is 2.68 bits per heavy atom. The molecule has 1 saturated carbocycles. The van der Waals surface area contributed by atoms with Crippen LogP contribution in [0.25, 0.3) is 0 Å². The maximum Gasteiger partial charge on any atom is 0.225 e. The summed E-state index contributed by atoms with van der Waals surface area (Å²) >= 11 is 0. The molecule has 2 unspecified atom stereocenters. The van der Waals surface area contributed by atoms with E-state index in [1.165, 1.54) is 0 Å². The number of likely N-dealkylation sites (tertiary alicyclic amines) is 1. The molecule has 104 valence electrons. The molecule has 3 fully saturated rings. The van der Waals surface area contributed by atoms with Gasteiger partial charge in [0.05, 0.1) is 5.92 Å². The van der Waals surface area contributed by atoms with Crippen molar-refractivity contribution in [3.8, 4) is 0 Å². The second-order valence-electron chi connectivity index (χ2n) is 5.73. The number of piperidine rings is 1. The van der Waals surface area contributed by atoms with Gasteiger partial charge >= 0.3 is 0 Å². The van der Waals surface area contributed by atoms with Gasteiger partial charge in [0, 0.05) is 38.0 Å². The Labute approximate surface area is 111 Å². The van der Waals surface area contributed by atoms with Gasteiger partial charge in [-0.05, 0) is 19.3 Å². The van der Waals surface area contributed by atoms with E-state index in [0.29, 0.717) is 38.4 Å². The summed E-state index contributed by atoms with van der Waals surface area (Å²) in [6, 6.07) is 0.398. The molecule has 0 aromatic heterocycles. The maximum absolute atomic E-state index is 12.1. The lowest BCUT2D eigenvalue weighted by Crippen LogP contribution is -2.49. The summed E-state index contributed by atoms with van der Waals surface area (Å²) in [5.41, 5.74) is 0. The van der Waals surface area contributed by atoms with Crippen LogP contribution in [0.3, 0.4) is 0 Å². The van der Waals surface area contributed by atoms with Gasteiger partial charge in [0.25, 0.3) is 0 Å². The van der Waals surface area contributed by atoms with E-state index in [2.05, 4.69) is 10.6 Å². The first kappa shape index (κ1) is 12.4. The highest BCUT2D eigenvalue weighted by Crippen LogP contribution is 2.32. The van der Waals surface area contributed by atoms with Crippen molar-refractivity contribution in [2.45, 2.75) is 44.2 Å². The van der Waals surface area contributed by atoms with Crippen LogP contribution >= 0.6 is 0 Å². The maximum atomic E-state index is 12.1. The Morgan fingerprint density at radius 1 is 1.26 bits per heavy atom. The second kappa shape index (κ2) is 4.83. The molecule has 0 spiro atoms. The van der Waals surface area contributed by atoms with Crippen LogP contribution in [-0.2, 0) is 14.4 Å². The molecule has 2 atom stereocenters. The average Bonchev–Trinajstić information content (AvgIpc) is 3.15. The minimum absolute atomic E-state index is 0.00952. The highest BCUT2D eigenvalue weighted by molar-refractivity contribution is 5.89. The number of carbonyl (C=O) groups excluding carboxylic acids is 3. The summed E-state index contributed by atoms with van der Waals surface area (Å²) in [7, 11) is 0. The van der Waals surface area contributed by atoms with Crippen molar-refractivity contribution in [3.05, 3.63) is 0 Å². The Morgan fingerprint density at radius 2 is 2.05 bits per heavy atom. The van der Waals surface area contributed by atoms with Crippen molar-refractivity contribution in [1.82, 2.24) is 15.5 Å². The molecular formula is C13H19N3O3. The molecule has 0 bridgehead atoms. The van der Waals surface area contributed by atoms with Crippen LogP contribution in [-0.4, -0.2) is 47.8 Å². The summed E-state index contributed by atoms with van der Waals surface area (Å²) < 4.78 is 0. The van der Waals surface area contributed by atoms with Crippen molar-refractivity contribution in [1.29, 1.82) is 0 Å². The van der Waals surface area contributed by atoms with Gasteiger partial charge in [-0.25, -0.2) is 0 Å². The number of nitrogens with one attached hydrogen (secondary N) is 2. The minimum Gasteiger partial charge on any atom is -0.354 e. The van der Waals surface area contributed by atoms with E-state index in [0.717, 1.165) is 12.8 Å². The Bertz CT molecular complexity index is 409.